The number of ether oxygens (including phenoxy) is 2. The molecule has 3 saturated heterocycles. The third-order valence-electron chi connectivity index (χ3n) is 10.4. The number of nitrogens with one attached hydrogen (secondary N) is 1. The number of aryl methyl sites for hydroxylation is 1. The van der Waals surface area contributed by atoms with E-state index in [2.05, 4.69) is 20.1 Å². The van der Waals surface area contributed by atoms with Crippen LogP contribution in [0.25, 0.3) is 32.9 Å². The number of carbonyl (C=O) groups is 1. The van der Waals surface area contributed by atoms with Gasteiger partial charge >= 0.3 is 6.01 Å². The Morgan fingerprint density at radius 1 is 1.11 bits per heavy atom. The van der Waals surface area contributed by atoms with E-state index in [9.17, 15) is 9.90 Å². The van der Waals surface area contributed by atoms with E-state index in [1.807, 2.05) is 25.1 Å². The van der Waals surface area contributed by atoms with Crippen molar-refractivity contribution in [1.29, 1.82) is 0 Å². The lowest BCUT2D eigenvalue weighted by atomic mass is 9.91. The maximum Gasteiger partial charge on any atom is 0.319 e. The molecule has 3 aliphatic rings. The smallest absolute Gasteiger partial charge is 0.319 e. The van der Waals surface area contributed by atoms with E-state index in [0.29, 0.717) is 43.1 Å². The molecule has 47 heavy (non-hydrogen) atoms. The number of carbonyl (C=O) groups excluding carboxylic acids is 1. The third-order valence-corrected chi connectivity index (χ3v) is 10.4. The van der Waals surface area contributed by atoms with Gasteiger partial charge in [-0.15, -0.1) is 0 Å². The topological polar surface area (TPSA) is 113 Å². The maximum absolute atomic E-state index is 17.0. The highest BCUT2D eigenvalue weighted by Gasteiger charge is 2.45. The van der Waals surface area contributed by atoms with Crippen molar-refractivity contribution in [2.45, 2.75) is 69.4 Å². The van der Waals surface area contributed by atoms with Crippen molar-refractivity contribution in [2.75, 3.05) is 51.4 Å². The fourth-order valence-corrected chi connectivity index (χ4v) is 8.15. The van der Waals surface area contributed by atoms with Crippen LogP contribution in [0.4, 0.5) is 10.2 Å². The van der Waals surface area contributed by atoms with Gasteiger partial charge < -0.3 is 24.8 Å². The van der Waals surface area contributed by atoms with Gasteiger partial charge in [0, 0.05) is 38.6 Å². The molecular formula is C36H43FN6O4. The molecule has 2 N–H and O–H groups in total. The fourth-order valence-electron chi connectivity index (χ4n) is 8.15. The van der Waals surface area contributed by atoms with Crippen molar-refractivity contribution in [1.82, 2.24) is 25.2 Å². The number of amides is 1. The summed E-state index contributed by atoms with van der Waals surface area (Å²) in [6.07, 6.45) is 9.94. The number of aromatic nitrogens is 3. The van der Waals surface area contributed by atoms with Crippen LogP contribution in [0.5, 0.6) is 11.8 Å². The molecule has 1 amide bonds. The van der Waals surface area contributed by atoms with Crippen LogP contribution >= 0.6 is 0 Å². The molecule has 0 radical (unpaired) electrons. The summed E-state index contributed by atoms with van der Waals surface area (Å²) in [7, 11) is 1.68. The third kappa shape index (κ3) is 5.95. The summed E-state index contributed by atoms with van der Waals surface area (Å²) in [4.78, 5) is 30.3. The quantitative estimate of drug-likeness (QED) is 0.165. The summed E-state index contributed by atoms with van der Waals surface area (Å²) in [5, 5.41) is 15.8. The molecule has 1 unspecified atom stereocenters. The molecular weight excluding hydrogens is 599 g/mol. The number of rotatable bonds is 11. The molecule has 7 rings (SSSR count). The number of phenolic OH excluding ortho intramolecular Hbond substituents is 1. The number of benzene rings is 2. The van der Waals surface area contributed by atoms with Gasteiger partial charge in [-0.25, -0.2) is 4.39 Å². The minimum atomic E-state index is -0.595. The van der Waals surface area contributed by atoms with Crippen LogP contribution in [0.1, 0.15) is 57.4 Å². The van der Waals surface area contributed by atoms with Crippen molar-refractivity contribution in [3.05, 3.63) is 47.9 Å². The summed E-state index contributed by atoms with van der Waals surface area (Å²) >= 11 is 0. The number of anilines is 1. The minimum Gasteiger partial charge on any atom is -0.508 e. The highest BCUT2D eigenvalue weighted by atomic mass is 19.1. The summed E-state index contributed by atoms with van der Waals surface area (Å²) < 4.78 is 28.7. The molecule has 1 atom stereocenters. The largest absolute Gasteiger partial charge is 0.508 e. The van der Waals surface area contributed by atoms with Gasteiger partial charge in [0.2, 0.25) is 6.41 Å². The average Bonchev–Trinajstić information content (AvgIpc) is 3.64. The van der Waals surface area contributed by atoms with Crippen molar-refractivity contribution >= 4 is 33.9 Å². The molecule has 0 bridgehead atoms. The van der Waals surface area contributed by atoms with Gasteiger partial charge in [-0.3, -0.25) is 14.7 Å². The van der Waals surface area contributed by atoms with Gasteiger partial charge in [0.15, 0.2) is 5.82 Å². The number of halogens is 1. The van der Waals surface area contributed by atoms with Crippen molar-refractivity contribution in [3.63, 3.8) is 0 Å². The summed E-state index contributed by atoms with van der Waals surface area (Å²) in [5.41, 5.74) is 1.26. The van der Waals surface area contributed by atoms with E-state index in [1.165, 1.54) is 0 Å². The van der Waals surface area contributed by atoms with Crippen LogP contribution in [0.3, 0.4) is 0 Å². The second-order valence-electron chi connectivity index (χ2n) is 13.7. The van der Waals surface area contributed by atoms with E-state index in [4.69, 9.17) is 19.4 Å². The van der Waals surface area contributed by atoms with Crippen molar-refractivity contribution in [3.8, 4) is 23.0 Å². The molecule has 0 aliphatic carbocycles. The number of hydrogen-bond donors (Lipinski definition) is 2. The number of methoxy groups -OCH3 is 1. The van der Waals surface area contributed by atoms with E-state index >= 15 is 4.39 Å². The van der Waals surface area contributed by atoms with Crippen LogP contribution in [0, 0.1) is 5.82 Å². The Balaban J connectivity index is 1.35. The number of pyridine rings is 1. The molecule has 2 aromatic heterocycles. The maximum atomic E-state index is 17.0. The number of aromatic hydroxyl groups is 1. The zero-order valence-electron chi connectivity index (χ0n) is 27.2. The summed E-state index contributed by atoms with van der Waals surface area (Å²) in [6, 6.07) is 9.29. The highest BCUT2D eigenvalue weighted by Crippen LogP contribution is 2.41. The summed E-state index contributed by atoms with van der Waals surface area (Å²) in [6.45, 7) is 6.38. The Bertz CT molecular complexity index is 1790. The second-order valence-corrected chi connectivity index (χ2v) is 13.7. The van der Waals surface area contributed by atoms with Crippen molar-refractivity contribution < 1.29 is 23.8 Å². The van der Waals surface area contributed by atoms with Crippen molar-refractivity contribution in [2.24, 2.45) is 0 Å². The van der Waals surface area contributed by atoms with Crippen LogP contribution in [-0.4, -0.2) is 88.9 Å². The van der Waals surface area contributed by atoms with Crippen LogP contribution < -0.4 is 15.0 Å². The summed E-state index contributed by atoms with van der Waals surface area (Å²) in [5.74, 6) is -0.0286. The SMILES string of the molecule is COCCCc1cccc2cc(O)cc(-c3ncc4c(N5CCCC(C)(NC=O)C5)nc(OCC56CCCN5CCC6)nc4c3F)c12. The number of phenols is 1. The van der Waals surface area contributed by atoms with Gasteiger partial charge in [-0.2, -0.15) is 9.97 Å². The van der Waals surface area contributed by atoms with Crippen LogP contribution in [-0.2, 0) is 16.0 Å². The predicted octanol–water partition coefficient (Wildman–Crippen LogP) is 5.38. The first kappa shape index (κ1) is 31.5. The zero-order valence-corrected chi connectivity index (χ0v) is 27.2. The lowest BCUT2D eigenvalue weighted by molar-refractivity contribution is -0.111. The molecule has 2 aromatic carbocycles. The molecule has 5 heterocycles. The first-order chi connectivity index (χ1) is 22.8. The zero-order chi connectivity index (χ0) is 32.6. The molecule has 0 spiro atoms. The monoisotopic (exact) mass is 642 g/mol. The Hall–Kier alpha value is -4.09. The number of hydrogen-bond acceptors (Lipinski definition) is 9. The van der Waals surface area contributed by atoms with Crippen LogP contribution in [0.15, 0.2) is 36.5 Å². The predicted molar refractivity (Wildman–Crippen MR) is 179 cm³/mol. The van der Waals surface area contributed by atoms with E-state index in [0.717, 1.165) is 87.2 Å². The lowest BCUT2D eigenvalue weighted by Gasteiger charge is -2.41. The number of piperidine rings is 1. The Kier molecular flexibility index (Phi) is 8.61. The first-order valence-electron chi connectivity index (χ1n) is 16.8. The van der Waals surface area contributed by atoms with Crippen LogP contribution in [0.2, 0.25) is 0 Å². The molecule has 11 heteroatoms. The fraction of sp³-hybridized carbons (Fsp3) is 0.500. The van der Waals surface area contributed by atoms with Gasteiger partial charge in [0.05, 0.1) is 16.5 Å². The second kappa shape index (κ2) is 12.8. The number of nitrogens with zero attached hydrogens (tertiary/aromatic N) is 5. The van der Waals surface area contributed by atoms with Gasteiger partial charge in [-0.05, 0) is 99.8 Å². The Labute approximate surface area is 274 Å². The highest BCUT2D eigenvalue weighted by molar-refractivity contribution is 6.01. The minimum absolute atomic E-state index is 0.0301. The Morgan fingerprint density at radius 2 is 1.91 bits per heavy atom. The van der Waals surface area contributed by atoms with E-state index in [1.54, 1.807) is 25.4 Å². The normalized spacial score (nSPS) is 21.0. The first-order valence-corrected chi connectivity index (χ1v) is 16.8. The standard InChI is InChI=1S/C36H43FN6O4/c1-35(39-23-44)11-5-14-42(21-35)33-28-20-38-31(27-19-26(45)18-25-9-3-8-24(29(25)27)10-4-17-46-2)30(37)32(28)40-34(41-33)47-22-36-12-6-15-43(36)16-7-13-36/h3,8-9,18-20,23,45H,4-7,10-17,21-22H2,1-2H3,(H,39,44). The van der Waals surface area contributed by atoms with E-state index in [-0.39, 0.29) is 28.5 Å². The molecule has 248 valence electrons. The molecule has 3 aliphatic heterocycles. The lowest BCUT2D eigenvalue weighted by Crippen LogP contribution is -2.55. The molecule has 0 saturated carbocycles. The Morgan fingerprint density at radius 3 is 2.70 bits per heavy atom. The van der Waals surface area contributed by atoms with Gasteiger partial charge in [0.25, 0.3) is 0 Å². The van der Waals surface area contributed by atoms with Gasteiger partial charge in [0.1, 0.15) is 29.4 Å². The van der Waals surface area contributed by atoms with Gasteiger partial charge in [-0.1, -0.05) is 18.2 Å². The molecule has 3 fully saturated rings. The molecule has 10 nitrogen and oxygen atoms in total. The molecule has 4 aromatic rings. The van der Waals surface area contributed by atoms with E-state index < -0.39 is 11.4 Å². The number of fused-ring (bicyclic) bond motifs is 3. The average molecular weight is 643 g/mol.